The molecule has 1 aliphatic heterocycles. The molecule has 1 N–H and O–H groups in total. The van der Waals surface area contributed by atoms with Crippen LogP contribution in [0.3, 0.4) is 0 Å². The normalized spacial score (nSPS) is 14.7. The van der Waals surface area contributed by atoms with E-state index in [0.29, 0.717) is 29.1 Å². The Balaban J connectivity index is 0.00000280. The summed E-state index contributed by atoms with van der Waals surface area (Å²) >= 11 is 0. The quantitative estimate of drug-likeness (QED) is 0.831. The second-order valence-corrected chi connectivity index (χ2v) is 6.84. The fourth-order valence-electron chi connectivity index (χ4n) is 3.00. The number of aromatic nitrogens is 1. The molecule has 0 saturated heterocycles. The van der Waals surface area contributed by atoms with E-state index < -0.39 is 5.92 Å². The number of amides is 2. The van der Waals surface area contributed by atoms with Gasteiger partial charge in [0, 0.05) is 32.0 Å². The molecule has 0 saturated carbocycles. The van der Waals surface area contributed by atoms with Crippen molar-refractivity contribution in [1.82, 2.24) is 14.8 Å². The number of fused-ring (bicyclic) bond motifs is 1. The first-order valence-electron chi connectivity index (χ1n) is 8.61. The number of rotatable bonds is 5. The molecule has 0 radical (unpaired) electrons. The van der Waals surface area contributed by atoms with E-state index in [1.165, 1.54) is 6.20 Å². The Morgan fingerprint density at radius 2 is 1.96 bits per heavy atom. The fraction of sp³-hybridized carbons (Fsp3) is 0.300. The predicted molar refractivity (Wildman–Crippen MR) is 109 cm³/mol. The van der Waals surface area contributed by atoms with Gasteiger partial charge >= 0.3 is 0 Å². The second kappa shape index (κ2) is 8.83. The van der Waals surface area contributed by atoms with Crippen molar-refractivity contribution in [2.24, 2.45) is 0 Å². The van der Waals surface area contributed by atoms with Crippen LogP contribution in [0.5, 0.6) is 0 Å². The minimum absolute atomic E-state index is 0. The highest BCUT2D eigenvalue weighted by Crippen LogP contribution is 2.36. The number of hydrogen-bond acceptors (Lipinski definition) is 5. The first-order chi connectivity index (χ1) is 12.9. The molecule has 1 unspecified atom stereocenters. The van der Waals surface area contributed by atoms with E-state index in [1.54, 1.807) is 42.3 Å². The monoisotopic (exact) mass is 399 g/mol. The number of nitriles is 1. The van der Waals surface area contributed by atoms with E-state index in [1.807, 2.05) is 19.0 Å². The number of halogens is 1. The highest BCUT2D eigenvalue weighted by molar-refractivity contribution is 6.05. The first-order valence-corrected chi connectivity index (χ1v) is 8.61. The maximum atomic E-state index is 12.5. The van der Waals surface area contributed by atoms with Gasteiger partial charge in [-0.1, -0.05) is 0 Å². The second-order valence-electron chi connectivity index (χ2n) is 6.84. The van der Waals surface area contributed by atoms with Crippen LogP contribution in [0.25, 0.3) is 0 Å². The molecule has 7 nitrogen and oxygen atoms in total. The summed E-state index contributed by atoms with van der Waals surface area (Å²) in [6, 6.07) is 10.6. The van der Waals surface area contributed by atoms with Crippen LogP contribution in [0.15, 0.2) is 36.5 Å². The van der Waals surface area contributed by atoms with Crippen LogP contribution in [0.4, 0.5) is 5.69 Å². The smallest absolute Gasteiger partial charge is 0.255 e. The van der Waals surface area contributed by atoms with E-state index in [-0.39, 0.29) is 24.2 Å². The van der Waals surface area contributed by atoms with Gasteiger partial charge in [-0.2, -0.15) is 5.26 Å². The standard InChI is InChI=1S/C20H21N5O2.ClH/c1-24(2)8-9-25(3)20(27)14-5-7-17(22-12-14)18-15-10-13(11-21)4-6-16(15)23-19(18)26;/h4-7,10,12,18H,8-9H2,1-3H3,(H,23,26);1H. The molecule has 146 valence electrons. The third kappa shape index (κ3) is 4.30. The van der Waals surface area contributed by atoms with Crippen molar-refractivity contribution >= 4 is 29.9 Å². The Morgan fingerprint density at radius 3 is 2.57 bits per heavy atom. The van der Waals surface area contributed by atoms with E-state index >= 15 is 0 Å². The first kappa shape index (κ1) is 21.4. The summed E-state index contributed by atoms with van der Waals surface area (Å²) in [6.07, 6.45) is 1.50. The molecular formula is C20H22ClN5O2. The molecule has 2 amide bonds. The Labute approximate surface area is 170 Å². The molecule has 1 aliphatic rings. The molecule has 0 fully saturated rings. The maximum absolute atomic E-state index is 12.5. The van der Waals surface area contributed by atoms with Gasteiger partial charge in [0.2, 0.25) is 5.91 Å². The molecule has 0 aliphatic carbocycles. The number of likely N-dealkylation sites (N-methyl/N-ethyl adjacent to an activating group) is 2. The van der Waals surface area contributed by atoms with Gasteiger partial charge in [-0.25, -0.2) is 0 Å². The summed E-state index contributed by atoms with van der Waals surface area (Å²) in [4.78, 5) is 32.9. The van der Waals surface area contributed by atoms with Crippen molar-refractivity contribution in [3.63, 3.8) is 0 Å². The van der Waals surface area contributed by atoms with Crippen molar-refractivity contribution in [2.45, 2.75) is 5.92 Å². The Hall–Kier alpha value is -2.95. The SMILES string of the molecule is CN(C)CCN(C)C(=O)c1ccc(C2C(=O)Nc3ccc(C#N)cc32)nc1.Cl. The third-order valence-corrected chi connectivity index (χ3v) is 4.57. The van der Waals surface area contributed by atoms with Gasteiger partial charge in [-0.15, -0.1) is 12.4 Å². The van der Waals surface area contributed by atoms with Crippen LogP contribution < -0.4 is 5.32 Å². The average molecular weight is 400 g/mol. The third-order valence-electron chi connectivity index (χ3n) is 4.57. The van der Waals surface area contributed by atoms with Crippen LogP contribution in [0, 0.1) is 11.3 Å². The lowest BCUT2D eigenvalue weighted by molar-refractivity contribution is -0.116. The number of pyridine rings is 1. The van der Waals surface area contributed by atoms with Crippen LogP contribution in [0.1, 0.15) is 33.1 Å². The van der Waals surface area contributed by atoms with Gasteiger partial charge < -0.3 is 15.1 Å². The number of hydrogen-bond donors (Lipinski definition) is 1. The van der Waals surface area contributed by atoms with Crippen molar-refractivity contribution < 1.29 is 9.59 Å². The van der Waals surface area contributed by atoms with Crippen LogP contribution in [-0.2, 0) is 4.79 Å². The van der Waals surface area contributed by atoms with E-state index in [0.717, 1.165) is 12.1 Å². The minimum atomic E-state index is -0.580. The zero-order valence-corrected chi connectivity index (χ0v) is 16.8. The summed E-state index contributed by atoms with van der Waals surface area (Å²) in [6.45, 7) is 1.39. The fourth-order valence-corrected chi connectivity index (χ4v) is 3.00. The molecule has 0 spiro atoms. The Bertz CT molecular complexity index is 921. The lowest BCUT2D eigenvalue weighted by Crippen LogP contribution is -2.33. The summed E-state index contributed by atoms with van der Waals surface area (Å²) in [5.41, 5.74) is 2.94. The number of carbonyl (C=O) groups is 2. The molecule has 2 aromatic rings. The maximum Gasteiger partial charge on any atom is 0.255 e. The molecule has 1 atom stereocenters. The van der Waals surface area contributed by atoms with Crippen molar-refractivity contribution in [3.8, 4) is 6.07 Å². The van der Waals surface area contributed by atoms with Crippen LogP contribution in [-0.4, -0.2) is 60.8 Å². The molecule has 2 heterocycles. The summed E-state index contributed by atoms with van der Waals surface area (Å²) < 4.78 is 0. The zero-order chi connectivity index (χ0) is 19.6. The van der Waals surface area contributed by atoms with Crippen LogP contribution >= 0.6 is 12.4 Å². The molecule has 0 bridgehead atoms. The van der Waals surface area contributed by atoms with Crippen LogP contribution in [0.2, 0.25) is 0 Å². The largest absolute Gasteiger partial charge is 0.340 e. The van der Waals surface area contributed by atoms with Gasteiger partial charge in [-0.05, 0) is 50.0 Å². The van der Waals surface area contributed by atoms with Gasteiger partial charge in [-0.3, -0.25) is 14.6 Å². The molecular weight excluding hydrogens is 378 g/mol. The highest BCUT2D eigenvalue weighted by atomic mass is 35.5. The topological polar surface area (TPSA) is 89.3 Å². The molecule has 3 rings (SSSR count). The van der Waals surface area contributed by atoms with Gasteiger partial charge in [0.1, 0.15) is 5.92 Å². The predicted octanol–water partition coefficient (Wildman–Crippen LogP) is 2.09. The number of nitrogens with zero attached hydrogens (tertiary/aromatic N) is 4. The molecule has 28 heavy (non-hydrogen) atoms. The van der Waals surface area contributed by atoms with Crippen molar-refractivity contribution in [1.29, 1.82) is 5.26 Å². The van der Waals surface area contributed by atoms with E-state index in [4.69, 9.17) is 5.26 Å². The lowest BCUT2D eigenvalue weighted by Gasteiger charge is -2.19. The lowest BCUT2D eigenvalue weighted by atomic mass is 9.95. The number of anilines is 1. The number of nitrogens with one attached hydrogen (secondary N) is 1. The highest BCUT2D eigenvalue weighted by Gasteiger charge is 2.33. The molecule has 1 aromatic carbocycles. The Kier molecular flexibility index (Phi) is 6.73. The summed E-state index contributed by atoms with van der Waals surface area (Å²) in [5, 5.41) is 11.9. The summed E-state index contributed by atoms with van der Waals surface area (Å²) in [7, 11) is 5.66. The van der Waals surface area contributed by atoms with Crippen molar-refractivity contribution in [2.75, 3.05) is 39.5 Å². The Morgan fingerprint density at radius 1 is 1.21 bits per heavy atom. The van der Waals surface area contributed by atoms with Gasteiger partial charge in [0.25, 0.3) is 5.91 Å². The van der Waals surface area contributed by atoms with E-state index in [2.05, 4.69) is 16.4 Å². The van der Waals surface area contributed by atoms with Gasteiger partial charge in [0.05, 0.1) is 22.9 Å². The minimum Gasteiger partial charge on any atom is -0.340 e. The average Bonchev–Trinajstić information content (AvgIpc) is 3.00. The van der Waals surface area contributed by atoms with Gasteiger partial charge in [0.15, 0.2) is 0 Å². The number of carbonyl (C=O) groups excluding carboxylic acids is 2. The zero-order valence-electron chi connectivity index (χ0n) is 16.0. The number of benzene rings is 1. The molecule has 8 heteroatoms. The summed E-state index contributed by atoms with van der Waals surface area (Å²) in [5.74, 6) is -0.877. The van der Waals surface area contributed by atoms with Crippen molar-refractivity contribution in [3.05, 3.63) is 58.9 Å². The van der Waals surface area contributed by atoms with E-state index in [9.17, 15) is 9.59 Å². The molecule has 1 aromatic heterocycles.